The van der Waals surface area contributed by atoms with Gasteiger partial charge in [-0.2, -0.15) is 0 Å². The van der Waals surface area contributed by atoms with Gasteiger partial charge in [0.1, 0.15) is 5.75 Å². The fourth-order valence-corrected chi connectivity index (χ4v) is 2.63. The lowest BCUT2D eigenvalue weighted by molar-refractivity contribution is -0.123. The van der Waals surface area contributed by atoms with Crippen molar-refractivity contribution in [1.82, 2.24) is 5.32 Å². The van der Waals surface area contributed by atoms with Crippen LogP contribution in [0.1, 0.15) is 31.0 Å². The molecular formula is C21H25NO4. The molecule has 0 aliphatic heterocycles. The van der Waals surface area contributed by atoms with Gasteiger partial charge in [-0.25, -0.2) is 0 Å². The van der Waals surface area contributed by atoms with E-state index >= 15 is 0 Å². The second-order valence-corrected chi connectivity index (χ2v) is 5.73. The molecule has 5 heteroatoms. The largest absolute Gasteiger partial charge is 0.496 e. The molecule has 1 amide bonds. The average molecular weight is 355 g/mol. The van der Waals surface area contributed by atoms with Gasteiger partial charge in [0, 0.05) is 5.56 Å². The number of benzene rings is 2. The lowest BCUT2D eigenvalue weighted by atomic mass is 10.1. The Bertz CT molecular complexity index is 770. The summed E-state index contributed by atoms with van der Waals surface area (Å²) < 4.78 is 16.3. The molecule has 138 valence electrons. The van der Waals surface area contributed by atoms with E-state index in [0.717, 1.165) is 16.9 Å². The Morgan fingerprint density at radius 1 is 1.08 bits per heavy atom. The molecule has 1 atom stereocenters. The van der Waals surface area contributed by atoms with E-state index in [0.29, 0.717) is 11.5 Å². The van der Waals surface area contributed by atoms with E-state index in [2.05, 4.69) is 5.32 Å². The van der Waals surface area contributed by atoms with E-state index < -0.39 is 0 Å². The van der Waals surface area contributed by atoms with Crippen LogP contribution in [0.5, 0.6) is 17.2 Å². The maximum Gasteiger partial charge on any atom is 0.258 e. The second kappa shape index (κ2) is 9.51. The van der Waals surface area contributed by atoms with Gasteiger partial charge in [-0.1, -0.05) is 36.4 Å². The molecule has 26 heavy (non-hydrogen) atoms. The van der Waals surface area contributed by atoms with Crippen LogP contribution < -0.4 is 19.5 Å². The number of rotatable bonds is 8. The number of carbonyl (C=O) groups excluding carboxylic acids is 1. The first-order chi connectivity index (χ1) is 12.6. The highest BCUT2D eigenvalue weighted by molar-refractivity contribution is 5.78. The molecule has 0 saturated heterocycles. The lowest BCUT2D eigenvalue weighted by Gasteiger charge is -2.18. The van der Waals surface area contributed by atoms with E-state index in [1.807, 2.05) is 62.4 Å². The first-order valence-electron chi connectivity index (χ1n) is 8.44. The molecule has 0 fully saturated rings. The zero-order valence-corrected chi connectivity index (χ0v) is 15.6. The normalized spacial score (nSPS) is 11.8. The third-order valence-corrected chi connectivity index (χ3v) is 3.89. The van der Waals surface area contributed by atoms with Crippen LogP contribution in [0.15, 0.2) is 48.5 Å². The molecule has 0 radical (unpaired) electrons. The fraction of sp³-hybridized carbons (Fsp3) is 0.286. The molecule has 0 aromatic heterocycles. The van der Waals surface area contributed by atoms with Crippen LogP contribution in [0.25, 0.3) is 6.08 Å². The molecule has 0 bridgehead atoms. The number of carbonyl (C=O) groups is 1. The Morgan fingerprint density at radius 3 is 2.50 bits per heavy atom. The Hall–Kier alpha value is -2.95. The zero-order valence-electron chi connectivity index (χ0n) is 15.6. The number of hydrogen-bond donors (Lipinski definition) is 1. The Kier molecular flexibility index (Phi) is 7.09. The number of allylic oxidation sites excluding steroid dienone is 1. The minimum atomic E-state index is -0.219. The van der Waals surface area contributed by atoms with Crippen LogP contribution in [0.4, 0.5) is 0 Å². The van der Waals surface area contributed by atoms with Gasteiger partial charge in [-0.3, -0.25) is 4.79 Å². The molecule has 1 unspecified atom stereocenters. The molecule has 5 nitrogen and oxygen atoms in total. The van der Waals surface area contributed by atoms with Gasteiger partial charge in [-0.05, 0) is 37.6 Å². The van der Waals surface area contributed by atoms with Crippen LogP contribution in [0.3, 0.4) is 0 Å². The predicted octanol–water partition coefficient (Wildman–Crippen LogP) is 3.99. The number of amides is 1. The van der Waals surface area contributed by atoms with Crippen molar-refractivity contribution in [2.45, 2.75) is 19.9 Å². The molecule has 2 aromatic rings. The second-order valence-electron chi connectivity index (χ2n) is 5.73. The predicted molar refractivity (Wildman–Crippen MR) is 103 cm³/mol. The highest BCUT2D eigenvalue weighted by Crippen LogP contribution is 2.29. The van der Waals surface area contributed by atoms with Gasteiger partial charge < -0.3 is 19.5 Å². The molecular weight excluding hydrogens is 330 g/mol. The fourth-order valence-electron chi connectivity index (χ4n) is 2.63. The summed E-state index contributed by atoms with van der Waals surface area (Å²) in [5.74, 6) is 1.64. The highest BCUT2D eigenvalue weighted by atomic mass is 16.5. The molecule has 0 aliphatic rings. The number of para-hydroxylation sites is 1. The Morgan fingerprint density at radius 2 is 1.81 bits per heavy atom. The van der Waals surface area contributed by atoms with Crippen molar-refractivity contribution in [2.24, 2.45) is 0 Å². The van der Waals surface area contributed by atoms with Gasteiger partial charge in [0.15, 0.2) is 18.1 Å². The lowest BCUT2D eigenvalue weighted by Crippen LogP contribution is -2.31. The molecule has 1 N–H and O–H groups in total. The first-order valence-corrected chi connectivity index (χ1v) is 8.44. The van der Waals surface area contributed by atoms with Crippen molar-refractivity contribution in [3.05, 3.63) is 59.7 Å². The molecule has 0 heterocycles. The van der Waals surface area contributed by atoms with Gasteiger partial charge in [-0.15, -0.1) is 0 Å². The highest BCUT2D eigenvalue weighted by Gasteiger charge is 2.14. The van der Waals surface area contributed by atoms with Gasteiger partial charge >= 0.3 is 0 Å². The molecule has 2 aromatic carbocycles. The summed E-state index contributed by atoms with van der Waals surface area (Å²) in [6.45, 7) is 3.76. The van der Waals surface area contributed by atoms with Crippen molar-refractivity contribution >= 4 is 12.0 Å². The quantitative estimate of drug-likeness (QED) is 0.778. The Balaban J connectivity index is 1.98. The third kappa shape index (κ3) is 5.02. The van der Waals surface area contributed by atoms with Crippen molar-refractivity contribution in [3.8, 4) is 17.2 Å². The summed E-state index contributed by atoms with van der Waals surface area (Å²) >= 11 is 0. The number of methoxy groups -OCH3 is 2. The standard InChI is InChI=1S/C21H25NO4/c1-5-8-16-11-12-19(20(13-16)25-4)26-14-21(23)22-15(2)17-9-6-7-10-18(17)24-3/h5-13,15H,14H2,1-4H3,(H,22,23)/b8-5+. The van der Waals surface area contributed by atoms with Crippen LogP contribution in [0, 0.1) is 0 Å². The van der Waals surface area contributed by atoms with E-state index in [4.69, 9.17) is 14.2 Å². The maximum absolute atomic E-state index is 12.2. The summed E-state index contributed by atoms with van der Waals surface area (Å²) in [6.07, 6.45) is 3.91. The molecule has 0 spiro atoms. The van der Waals surface area contributed by atoms with Crippen LogP contribution in [-0.4, -0.2) is 26.7 Å². The smallest absolute Gasteiger partial charge is 0.258 e. The molecule has 0 saturated carbocycles. The summed E-state index contributed by atoms with van der Waals surface area (Å²) in [4.78, 5) is 12.2. The third-order valence-electron chi connectivity index (χ3n) is 3.89. The van der Waals surface area contributed by atoms with Crippen molar-refractivity contribution in [1.29, 1.82) is 0 Å². The summed E-state index contributed by atoms with van der Waals surface area (Å²) in [7, 11) is 3.19. The first kappa shape index (κ1) is 19.4. The SMILES string of the molecule is C/C=C/c1ccc(OCC(=O)NC(C)c2ccccc2OC)c(OC)c1. The van der Waals surface area contributed by atoms with Crippen LogP contribution >= 0.6 is 0 Å². The monoisotopic (exact) mass is 355 g/mol. The van der Waals surface area contributed by atoms with Crippen molar-refractivity contribution in [3.63, 3.8) is 0 Å². The average Bonchev–Trinajstić information content (AvgIpc) is 2.66. The molecule has 0 aliphatic carbocycles. The summed E-state index contributed by atoms with van der Waals surface area (Å²) in [5, 5.41) is 2.91. The maximum atomic E-state index is 12.2. The number of ether oxygens (including phenoxy) is 3. The van der Waals surface area contributed by atoms with Crippen molar-refractivity contribution < 1.29 is 19.0 Å². The van der Waals surface area contributed by atoms with E-state index in [-0.39, 0.29) is 18.6 Å². The molecule has 2 rings (SSSR count). The number of nitrogens with one attached hydrogen (secondary N) is 1. The van der Waals surface area contributed by atoms with Gasteiger partial charge in [0.25, 0.3) is 5.91 Å². The zero-order chi connectivity index (χ0) is 18.9. The summed E-state index contributed by atoms with van der Waals surface area (Å²) in [5.41, 5.74) is 1.92. The van der Waals surface area contributed by atoms with E-state index in [1.165, 1.54) is 0 Å². The Labute approximate surface area is 154 Å². The minimum Gasteiger partial charge on any atom is -0.496 e. The van der Waals surface area contributed by atoms with Gasteiger partial charge in [0.05, 0.1) is 20.3 Å². The van der Waals surface area contributed by atoms with E-state index in [1.54, 1.807) is 20.3 Å². The number of hydrogen-bond acceptors (Lipinski definition) is 4. The van der Waals surface area contributed by atoms with Gasteiger partial charge in [0.2, 0.25) is 0 Å². The topological polar surface area (TPSA) is 56.8 Å². The van der Waals surface area contributed by atoms with Crippen LogP contribution in [0.2, 0.25) is 0 Å². The van der Waals surface area contributed by atoms with E-state index in [9.17, 15) is 4.79 Å². The minimum absolute atomic E-state index is 0.0984. The van der Waals surface area contributed by atoms with Crippen LogP contribution in [-0.2, 0) is 4.79 Å². The van der Waals surface area contributed by atoms with Crippen molar-refractivity contribution in [2.75, 3.05) is 20.8 Å². The summed E-state index contributed by atoms with van der Waals surface area (Å²) in [6, 6.07) is 13.0.